The predicted octanol–water partition coefficient (Wildman–Crippen LogP) is 3.94. The highest BCUT2D eigenvalue weighted by molar-refractivity contribution is 7.97. The van der Waals surface area contributed by atoms with E-state index in [1.165, 1.54) is 0 Å². The largest absolute Gasteiger partial charge is 0.479 e. The number of aryl methyl sites for hydroxylation is 1. The van der Waals surface area contributed by atoms with Gasteiger partial charge in [0, 0.05) is 5.69 Å². The number of para-hydroxylation sites is 1. The highest BCUT2D eigenvalue weighted by Crippen LogP contribution is 2.25. The van der Waals surface area contributed by atoms with E-state index in [9.17, 15) is 9.90 Å². The SMILES string of the molecule is CCc1ccccc1NC(C(=O)O)c1ccc(CSC)o1. The first kappa shape index (κ1) is 15.5. The minimum atomic E-state index is -0.953. The van der Waals surface area contributed by atoms with Crippen molar-refractivity contribution in [1.82, 2.24) is 0 Å². The van der Waals surface area contributed by atoms with Crippen LogP contribution in [0.15, 0.2) is 40.8 Å². The highest BCUT2D eigenvalue weighted by Gasteiger charge is 2.24. The first-order valence-electron chi connectivity index (χ1n) is 6.80. The Hall–Kier alpha value is -1.88. The van der Waals surface area contributed by atoms with Crippen LogP contribution in [0.1, 0.15) is 30.0 Å². The van der Waals surface area contributed by atoms with Gasteiger partial charge in [0.25, 0.3) is 0 Å². The van der Waals surface area contributed by atoms with E-state index >= 15 is 0 Å². The minimum Gasteiger partial charge on any atom is -0.479 e. The number of benzene rings is 1. The molecular weight excluding hydrogens is 286 g/mol. The Bertz CT molecular complexity index is 609. The van der Waals surface area contributed by atoms with E-state index in [0.717, 1.165) is 29.2 Å². The van der Waals surface area contributed by atoms with Crippen molar-refractivity contribution < 1.29 is 14.3 Å². The van der Waals surface area contributed by atoms with Crippen LogP contribution in [0.3, 0.4) is 0 Å². The Kier molecular flexibility index (Phi) is 5.33. The molecule has 1 atom stereocenters. The van der Waals surface area contributed by atoms with Gasteiger partial charge in [-0.2, -0.15) is 11.8 Å². The topological polar surface area (TPSA) is 62.5 Å². The summed E-state index contributed by atoms with van der Waals surface area (Å²) in [6.45, 7) is 2.04. The molecule has 2 N–H and O–H groups in total. The van der Waals surface area contributed by atoms with Gasteiger partial charge in [-0.25, -0.2) is 4.79 Å². The Labute approximate surface area is 128 Å². The molecule has 1 aromatic heterocycles. The zero-order valence-corrected chi connectivity index (χ0v) is 12.9. The summed E-state index contributed by atoms with van der Waals surface area (Å²) in [7, 11) is 0. The summed E-state index contributed by atoms with van der Waals surface area (Å²) in [5, 5.41) is 12.5. The first-order valence-corrected chi connectivity index (χ1v) is 8.20. The summed E-state index contributed by atoms with van der Waals surface area (Å²) in [6, 6.07) is 10.4. The molecule has 0 bridgehead atoms. The first-order chi connectivity index (χ1) is 10.2. The highest BCUT2D eigenvalue weighted by atomic mass is 32.2. The molecule has 0 fully saturated rings. The van der Waals surface area contributed by atoms with Gasteiger partial charge in [-0.15, -0.1) is 0 Å². The quantitative estimate of drug-likeness (QED) is 0.811. The number of furan rings is 1. The van der Waals surface area contributed by atoms with Gasteiger partial charge in [0.15, 0.2) is 6.04 Å². The van der Waals surface area contributed by atoms with Crippen molar-refractivity contribution >= 4 is 23.4 Å². The van der Waals surface area contributed by atoms with Crippen LogP contribution in [-0.4, -0.2) is 17.3 Å². The van der Waals surface area contributed by atoms with Crippen LogP contribution in [-0.2, 0) is 17.0 Å². The van der Waals surface area contributed by atoms with Crippen molar-refractivity contribution in [2.45, 2.75) is 25.1 Å². The normalized spacial score (nSPS) is 12.1. The summed E-state index contributed by atoms with van der Waals surface area (Å²) in [5.41, 5.74) is 1.91. The molecule has 2 aromatic rings. The average Bonchev–Trinajstić information content (AvgIpc) is 2.93. The molecule has 5 heteroatoms. The van der Waals surface area contributed by atoms with Crippen molar-refractivity contribution in [3.05, 3.63) is 53.5 Å². The van der Waals surface area contributed by atoms with Gasteiger partial charge in [-0.3, -0.25) is 0 Å². The Morgan fingerprint density at radius 3 is 2.76 bits per heavy atom. The second-order valence-electron chi connectivity index (χ2n) is 4.66. The molecule has 1 aromatic carbocycles. The number of carboxylic acids is 1. The number of rotatable bonds is 7. The number of carboxylic acid groups (broad SMARTS) is 1. The Morgan fingerprint density at radius 2 is 2.10 bits per heavy atom. The number of thioether (sulfide) groups is 1. The fourth-order valence-corrected chi connectivity index (χ4v) is 2.59. The molecule has 21 heavy (non-hydrogen) atoms. The van der Waals surface area contributed by atoms with Crippen LogP contribution in [0.25, 0.3) is 0 Å². The van der Waals surface area contributed by atoms with Crippen molar-refractivity contribution in [3.63, 3.8) is 0 Å². The average molecular weight is 305 g/mol. The fraction of sp³-hybridized carbons (Fsp3) is 0.312. The number of anilines is 1. The van der Waals surface area contributed by atoms with E-state index < -0.39 is 12.0 Å². The van der Waals surface area contributed by atoms with Crippen LogP contribution < -0.4 is 5.32 Å². The molecule has 0 aliphatic carbocycles. The summed E-state index contributed by atoms with van der Waals surface area (Å²) >= 11 is 1.64. The number of hydrogen-bond acceptors (Lipinski definition) is 4. The third-order valence-corrected chi connectivity index (χ3v) is 3.77. The zero-order valence-electron chi connectivity index (χ0n) is 12.1. The maximum absolute atomic E-state index is 11.5. The summed E-state index contributed by atoms with van der Waals surface area (Å²) < 4.78 is 5.63. The monoisotopic (exact) mass is 305 g/mol. The van der Waals surface area contributed by atoms with Crippen LogP contribution >= 0.6 is 11.8 Å². The van der Waals surface area contributed by atoms with E-state index in [0.29, 0.717) is 5.76 Å². The van der Waals surface area contributed by atoms with Gasteiger partial charge in [-0.05, 0) is 36.4 Å². The molecule has 112 valence electrons. The number of nitrogens with one attached hydrogen (secondary N) is 1. The molecule has 0 aliphatic rings. The minimum absolute atomic E-state index is 0.428. The molecule has 0 radical (unpaired) electrons. The van der Waals surface area contributed by atoms with Crippen LogP contribution in [0.2, 0.25) is 0 Å². The van der Waals surface area contributed by atoms with Crippen molar-refractivity contribution in [2.24, 2.45) is 0 Å². The molecule has 0 spiro atoms. The van der Waals surface area contributed by atoms with Crippen LogP contribution in [0.5, 0.6) is 0 Å². The smallest absolute Gasteiger partial charge is 0.334 e. The van der Waals surface area contributed by atoms with Crippen molar-refractivity contribution in [3.8, 4) is 0 Å². The lowest BCUT2D eigenvalue weighted by Gasteiger charge is -2.16. The summed E-state index contributed by atoms with van der Waals surface area (Å²) in [6.07, 6.45) is 2.82. The van der Waals surface area contributed by atoms with Crippen LogP contribution in [0, 0.1) is 0 Å². The number of carbonyl (C=O) groups is 1. The Balaban J connectivity index is 2.24. The standard InChI is InChI=1S/C16H19NO3S/c1-3-11-6-4-5-7-13(11)17-15(16(18)19)14-9-8-12(20-14)10-21-2/h4-9,15,17H,3,10H2,1-2H3,(H,18,19). The maximum Gasteiger partial charge on any atom is 0.334 e. The van der Waals surface area contributed by atoms with Gasteiger partial charge >= 0.3 is 5.97 Å². The predicted molar refractivity (Wildman–Crippen MR) is 85.7 cm³/mol. The van der Waals surface area contributed by atoms with Gasteiger partial charge in [-0.1, -0.05) is 25.1 Å². The van der Waals surface area contributed by atoms with Gasteiger partial charge in [0.1, 0.15) is 11.5 Å². The van der Waals surface area contributed by atoms with Crippen molar-refractivity contribution in [1.29, 1.82) is 0 Å². The van der Waals surface area contributed by atoms with Crippen LogP contribution in [0.4, 0.5) is 5.69 Å². The second kappa shape index (κ2) is 7.22. The fourth-order valence-electron chi connectivity index (χ4n) is 2.15. The molecule has 1 unspecified atom stereocenters. The molecule has 1 heterocycles. The molecular formula is C16H19NO3S. The molecule has 0 saturated carbocycles. The molecule has 0 aliphatic heterocycles. The summed E-state index contributed by atoms with van der Waals surface area (Å²) in [4.78, 5) is 11.5. The lowest BCUT2D eigenvalue weighted by Crippen LogP contribution is -2.20. The zero-order chi connectivity index (χ0) is 15.2. The number of hydrogen-bond donors (Lipinski definition) is 2. The van der Waals surface area contributed by atoms with E-state index in [4.69, 9.17) is 4.42 Å². The van der Waals surface area contributed by atoms with E-state index in [1.54, 1.807) is 17.8 Å². The maximum atomic E-state index is 11.5. The molecule has 4 nitrogen and oxygen atoms in total. The van der Waals surface area contributed by atoms with E-state index in [-0.39, 0.29) is 0 Å². The van der Waals surface area contributed by atoms with Gasteiger partial charge in [0.2, 0.25) is 0 Å². The third kappa shape index (κ3) is 3.82. The molecule has 0 saturated heterocycles. The number of aliphatic carboxylic acids is 1. The lowest BCUT2D eigenvalue weighted by atomic mass is 10.1. The van der Waals surface area contributed by atoms with Gasteiger partial charge in [0.05, 0.1) is 5.75 Å². The van der Waals surface area contributed by atoms with E-state index in [1.807, 2.05) is 43.5 Å². The Morgan fingerprint density at radius 1 is 1.33 bits per heavy atom. The molecule has 0 amide bonds. The third-order valence-electron chi connectivity index (χ3n) is 3.20. The molecule has 2 rings (SSSR count). The van der Waals surface area contributed by atoms with E-state index in [2.05, 4.69) is 5.32 Å². The van der Waals surface area contributed by atoms with Gasteiger partial charge < -0.3 is 14.8 Å². The van der Waals surface area contributed by atoms with Crippen molar-refractivity contribution in [2.75, 3.05) is 11.6 Å². The second-order valence-corrected chi connectivity index (χ2v) is 5.53. The summed E-state index contributed by atoms with van der Waals surface area (Å²) in [5.74, 6) is 0.996. The lowest BCUT2D eigenvalue weighted by molar-refractivity contribution is -0.138.